The van der Waals surface area contributed by atoms with Crippen LogP contribution in [0.25, 0.3) is 11.3 Å². The highest BCUT2D eigenvalue weighted by atomic mass is 35.5. The monoisotopic (exact) mass is 498 g/mol. The Kier molecular flexibility index (Phi) is 9.16. The van der Waals surface area contributed by atoms with Crippen molar-refractivity contribution in [2.45, 2.75) is 46.2 Å². The Morgan fingerprint density at radius 2 is 1.42 bits per heavy atom. The maximum atomic E-state index is 6.53. The van der Waals surface area contributed by atoms with Gasteiger partial charge in [-0.2, -0.15) is 0 Å². The molecule has 0 fully saturated rings. The van der Waals surface area contributed by atoms with E-state index < -0.39 is 0 Å². The third kappa shape index (κ3) is 6.34. The molecule has 0 radical (unpaired) electrons. The highest BCUT2D eigenvalue weighted by molar-refractivity contribution is 6.31. The van der Waals surface area contributed by atoms with Gasteiger partial charge in [-0.25, -0.2) is 0 Å². The highest BCUT2D eigenvalue weighted by Gasteiger charge is 2.16. The number of hydrogen-bond acceptors (Lipinski definition) is 3. The van der Waals surface area contributed by atoms with Crippen LogP contribution in [0.2, 0.25) is 5.02 Å². The van der Waals surface area contributed by atoms with Crippen molar-refractivity contribution in [3.63, 3.8) is 0 Å². The van der Waals surface area contributed by atoms with Gasteiger partial charge in [0.2, 0.25) is 0 Å². The average molecular weight is 499 g/mol. The van der Waals surface area contributed by atoms with Gasteiger partial charge >= 0.3 is 0 Å². The molecule has 3 nitrogen and oxygen atoms in total. The Hall–Kier alpha value is -3.14. The molecule has 0 aliphatic heterocycles. The molecule has 0 atom stereocenters. The van der Waals surface area contributed by atoms with Crippen LogP contribution >= 0.6 is 11.6 Å². The zero-order valence-electron chi connectivity index (χ0n) is 21.5. The quantitative estimate of drug-likeness (QED) is 0.211. The van der Waals surface area contributed by atoms with Gasteiger partial charge in [0.25, 0.3) is 0 Å². The summed E-state index contributed by atoms with van der Waals surface area (Å²) in [6, 6.07) is 27.3. The third-order valence-electron chi connectivity index (χ3n) is 6.72. The number of aromatic nitrogens is 1. The van der Waals surface area contributed by atoms with Crippen LogP contribution in [-0.4, -0.2) is 23.5 Å². The van der Waals surface area contributed by atoms with E-state index in [1.54, 1.807) is 7.11 Å². The molecule has 1 aromatic heterocycles. The Morgan fingerprint density at radius 1 is 0.778 bits per heavy atom. The summed E-state index contributed by atoms with van der Waals surface area (Å²) in [5.74, 6) is 0.872. The summed E-state index contributed by atoms with van der Waals surface area (Å²) >= 11 is 6.53. The van der Waals surface area contributed by atoms with Gasteiger partial charge in [0, 0.05) is 48.0 Å². The molecular formula is C32H35ClN2O. The fourth-order valence-electron chi connectivity index (χ4n) is 4.74. The predicted octanol–water partition coefficient (Wildman–Crippen LogP) is 7.78. The van der Waals surface area contributed by atoms with Gasteiger partial charge in [0.15, 0.2) is 0 Å². The second kappa shape index (κ2) is 12.7. The summed E-state index contributed by atoms with van der Waals surface area (Å²) in [5, 5.41) is 0.797. The molecule has 186 valence electrons. The molecule has 0 bridgehead atoms. The minimum atomic E-state index is 0.727. The molecule has 4 heteroatoms. The van der Waals surface area contributed by atoms with Gasteiger partial charge in [-0.05, 0) is 47.6 Å². The van der Waals surface area contributed by atoms with Gasteiger partial charge in [-0.1, -0.05) is 92.2 Å². The Morgan fingerprint density at radius 3 is 2.08 bits per heavy atom. The minimum Gasteiger partial charge on any atom is -0.496 e. The van der Waals surface area contributed by atoms with Crippen molar-refractivity contribution >= 4 is 11.6 Å². The normalized spacial score (nSPS) is 11.1. The van der Waals surface area contributed by atoms with E-state index in [1.165, 1.54) is 22.3 Å². The third-order valence-corrected chi connectivity index (χ3v) is 7.09. The fraction of sp³-hybridized carbons (Fsp3) is 0.281. The van der Waals surface area contributed by atoms with E-state index in [0.717, 1.165) is 66.5 Å². The van der Waals surface area contributed by atoms with Gasteiger partial charge in [-0.3, -0.25) is 9.88 Å². The average Bonchev–Trinajstić information content (AvgIpc) is 2.93. The molecule has 0 unspecified atom stereocenters. The van der Waals surface area contributed by atoms with Gasteiger partial charge in [0.05, 0.1) is 12.8 Å². The van der Waals surface area contributed by atoms with Crippen molar-refractivity contribution in [1.29, 1.82) is 0 Å². The fourth-order valence-corrected chi connectivity index (χ4v) is 4.93. The number of halogens is 1. The molecule has 0 spiro atoms. The van der Waals surface area contributed by atoms with Gasteiger partial charge < -0.3 is 4.74 Å². The van der Waals surface area contributed by atoms with Crippen molar-refractivity contribution in [2.75, 3.05) is 13.7 Å². The number of nitrogens with zero attached hydrogens (tertiary/aromatic N) is 2. The molecule has 4 aromatic rings. The minimum absolute atomic E-state index is 0.727. The largest absolute Gasteiger partial charge is 0.496 e. The number of hydrogen-bond donors (Lipinski definition) is 0. The van der Waals surface area contributed by atoms with Crippen molar-refractivity contribution in [3.8, 4) is 17.0 Å². The topological polar surface area (TPSA) is 25.4 Å². The van der Waals surface area contributed by atoms with Crippen LogP contribution in [0.4, 0.5) is 0 Å². The van der Waals surface area contributed by atoms with Crippen molar-refractivity contribution in [3.05, 3.63) is 118 Å². The maximum Gasteiger partial charge on any atom is 0.127 e. The molecular weight excluding hydrogens is 464 g/mol. The SMILES string of the molecule is CCc1cccc(CC)c1-c1cc(OC)c(CN(CCc2ccccc2)Cc2ccccc2Cl)cn1. The number of pyridine rings is 1. The molecule has 0 aliphatic rings. The molecule has 36 heavy (non-hydrogen) atoms. The second-order valence-corrected chi connectivity index (χ2v) is 9.48. The van der Waals surface area contributed by atoms with Crippen molar-refractivity contribution < 1.29 is 4.74 Å². The van der Waals surface area contributed by atoms with E-state index in [2.05, 4.69) is 79.4 Å². The van der Waals surface area contributed by atoms with E-state index in [0.29, 0.717) is 0 Å². The van der Waals surface area contributed by atoms with Crippen molar-refractivity contribution in [1.82, 2.24) is 9.88 Å². The van der Waals surface area contributed by atoms with Crippen LogP contribution in [0, 0.1) is 0 Å². The Bertz CT molecular complexity index is 1250. The first kappa shape index (κ1) is 25.9. The second-order valence-electron chi connectivity index (χ2n) is 9.08. The number of aryl methyl sites for hydroxylation is 2. The van der Waals surface area contributed by atoms with E-state index >= 15 is 0 Å². The van der Waals surface area contributed by atoms with Gasteiger partial charge in [-0.15, -0.1) is 0 Å². The lowest BCUT2D eigenvalue weighted by atomic mass is 9.94. The molecule has 4 rings (SSSR count). The zero-order valence-corrected chi connectivity index (χ0v) is 22.3. The summed E-state index contributed by atoms with van der Waals surface area (Å²) in [6.07, 6.45) is 4.89. The predicted molar refractivity (Wildman–Crippen MR) is 151 cm³/mol. The summed E-state index contributed by atoms with van der Waals surface area (Å²) in [6.45, 7) is 6.78. The lowest BCUT2D eigenvalue weighted by Gasteiger charge is -2.24. The Balaban J connectivity index is 1.63. The Labute approximate surface area is 220 Å². The van der Waals surface area contributed by atoms with E-state index in [1.807, 2.05) is 24.4 Å². The maximum absolute atomic E-state index is 6.53. The molecule has 0 saturated carbocycles. The number of rotatable bonds is 11. The van der Waals surface area contributed by atoms with Crippen LogP contribution in [0.1, 0.15) is 41.7 Å². The number of benzene rings is 3. The summed E-state index contributed by atoms with van der Waals surface area (Å²) in [4.78, 5) is 7.36. The zero-order chi connectivity index (χ0) is 25.3. The molecule has 3 aromatic carbocycles. The first-order valence-electron chi connectivity index (χ1n) is 12.8. The first-order valence-corrected chi connectivity index (χ1v) is 13.1. The van der Waals surface area contributed by atoms with Crippen LogP contribution in [0.3, 0.4) is 0 Å². The highest BCUT2D eigenvalue weighted by Crippen LogP contribution is 2.32. The summed E-state index contributed by atoms with van der Waals surface area (Å²) in [5.41, 5.74) is 8.38. The van der Waals surface area contributed by atoms with Crippen LogP contribution in [0.5, 0.6) is 5.75 Å². The standard InChI is InChI=1S/C32H35ClN2O/c1-4-25-15-11-16-26(5-2)32(25)30-20-31(36-3)28(21-34-30)23-35(19-18-24-12-7-6-8-13-24)22-27-14-9-10-17-29(27)33/h6-17,20-21H,4-5,18-19,22-23H2,1-3H3. The smallest absolute Gasteiger partial charge is 0.127 e. The lowest BCUT2D eigenvalue weighted by molar-refractivity contribution is 0.255. The van der Waals surface area contributed by atoms with Crippen molar-refractivity contribution in [2.24, 2.45) is 0 Å². The van der Waals surface area contributed by atoms with E-state index in [9.17, 15) is 0 Å². The van der Waals surface area contributed by atoms with Crippen LogP contribution < -0.4 is 4.74 Å². The molecule has 0 aliphatic carbocycles. The molecule has 0 N–H and O–H groups in total. The summed E-state index contributed by atoms with van der Waals surface area (Å²) < 4.78 is 5.90. The lowest BCUT2D eigenvalue weighted by Crippen LogP contribution is -2.26. The van der Waals surface area contributed by atoms with Gasteiger partial charge in [0.1, 0.15) is 5.75 Å². The molecule has 0 amide bonds. The van der Waals surface area contributed by atoms with Crippen LogP contribution in [0.15, 0.2) is 85.1 Å². The first-order chi connectivity index (χ1) is 17.6. The van der Waals surface area contributed by atoms with E-state index in [4.69, 9.17) is 21.3 Å². The number of ether oxygens (including phenoxy) is 1. The van der Waals surface area contributed by atoms with E-state index in [-0.39, 0.29) is 0 Å². The molecule has 1 heterocycles. The number of methoxy groups -OCH3 is 1. The molecule has 0 saturated heterocycles. The van der Waals surface area contributed by atoms with Crippen LogP contribution in [-0.2, 0) is 32.4 Å². The summed E-state index contributed by atoms with van der Waals surface area (Å²) in [7, 11) is 1.75.